The minimum Gasteiger partial charge on any atom is -0.454 e. The molecule has 3 nitrogen and oxygen atoms in total. The van der Waals surface area contributed by atoms with E-state index in [0.29, 0.717) is 12.1 Å². The topological polar surface area (TPSA) is 19.6 Å². The van der Waals surface area contributed by atoms with Gasteiger partial charge in [0.15, 0.2) is 5.58 Å². The quantitative estimate of drug-likeness (QED) is 0.551. The molecule has 26 heavy (non-hydrogen) atoms. The van der Waals surface area contributed by atoms with Crippen molar-refractivity contribution in [3.63, 3.8) is 0 Å². The van der Waals surface area contributed by atoms with Gasteiger partial charge in [-0.2, -0.15) is 0 Å². The molecule has 0 spiro atoms. The normalized spacial score (nSPS) is 25.2. The largest absolute Gasteiger partial charge is 0.454 e. The van der Waals surface area contributed by atoms with Gasteiger partial charge in [-0.1, -0.05) is 51.1 Å². The molecule has 2 aliphatic rings. The van der Waals surface area contributed by atoms with Crippen molar-refractivity contribution in [3.8, 4) is 0 Å². The Morgan fingerprint density at radius 3 is 2.69 bits per heavy atom. The van der Waals surface area contributed by atoms with Crippen LogP contribution in [0.25, 0.3) is 21.9 Å². The number of anilines is 1. The average Bonchev–Trinajstić information content (AvgIpc) is 3.19. The zero-order valence-corrected chi connectivity index (χ0v) is 16.0. The van der Waals surface area contributed by atoms with Gasteiger partial charge in [0.05, 0.1) is 5.69 Å². The molecule has 1 unspecified atom stereocenters. The van der Waals surface area contributed by atoms with Gasteiger partial charge in [0, 0.05) is 29.7 Å². The van der Waals surface area contributed by atoms with Gasteiger partial charge in [0.2, 0.25) is 0 Å². The first-order chi connectivity index (χ1) is 12.5. The Bertz CT molecular complexity index is 1030. The first-order valence-corrected chi connectivity index (χ1v) is 9.68. The van der Waals surface area contributed by atoms with Crippen molar-refractivity contribution in [2.45, 2.75) is 45.7 Å². The summed E-state index contributed by atoms with van der Waals surface area (Å²) in [5, 5.41) is 2.41. The lowest BCUT2D eigenvalue weighted by Crippen LogP contribution is -2.43. The first kappa shape index (κ1) is 15.8. The number of para-hydroxylation sites is 1. The highest BCUT2D eigenvalue weighted by molar-refractivity contribution is 6.10. The third-order valence-electron chi connectivity index (χ3n) is 6.86. The summed E-state index contributed by atoms with van der Waals surface area (Å²) in [6, 6.07) is 13.0. The molecule has 3 aromatic rings. The van der Waals surface area contributed by atoms with Crippen molar-refractivity contribution in [1.82, 2.24) is 4.90 Å². The first-order valence-electron chi connectivity index (χ1n) is 9.68. The maximum absolute atomic E-state index is 6.43. The number of nitrogens with zero attached hydrogens (tertiary/aromatic N) is 2. The number of hydrogen-bond donors (Lipinski definition) is 0. The summed E-state index contributed by atoms with van der Waals surface area (Å²) in [6.07, 6.45) is 5.93. The zero-order chi connectivity index (χ0) is 18.1. The summed E-state index contributed by atoms with van der Waals surface area (Å²) in [6.45, 7) is 10.5. The van der Waals surface area contributed by atoms with E-state index in [4.69, 9.17) is 4.42 Å². The molecule has 3 heteroatoms. The predicted octanol–water partition coefficient (Wildman–Crippen LogP) is 5.84. The molecule has 2 aromatic carbocycles. The maximum Gasteiger partial charge on any atom is 0.159 e. The lowest BCUT2D eigenvalue weighted by atomic mass is 9.69. The van der Waals surface area contributed by atoms with E-state index in [1.807, 2.05) is 6.07 Å². The third kappa shape index (κ3) is 1.94. The van der Waals surface area contributed by atoms with Crippen LogP contribution < -0.4 is 4.90 Å². The van der Waals surface area contributed by atoms with Crippen LogP contribution in [-0.2, 0) is 5.41 Å². The minimum atomic E-state index is 0.116. The van der Waals surface area contributed by atoms with Crippen molar-refractivity contribution in [1.29, 1.82) is 0 Å². The van der Waals surface area contributed by atoms with Gasteiger partial charge in [0.25, 0.3) is 0 Å². The number of furan rings is 1. The molecule has 0 saturated heterocycles. The Hall–Kier alpha value is -2.42. The van der Waals surface area contributed by atoms with Crippen molar-refractivity contribution >= 4 is 27.6 Å². The van der Waals surface area contributed by atoms with Gasteiger partial charge in [-0.05, 0) is 36.3 Å². The monoisotopic (exact) mass is 346 g/mol. The summed E-state index contributed by atoms with van der Waals surface area (Å²) in [5.74, 6) is 0.554. The Kier molecular flexibility index (Phi) is 3.22. The van der Waals surface area contributed by atoms with E-state index in [1.54, 1.807) is 0 Å². The van der Waals surface area contributed by atoms with E-state index in [9.17, 15) is 0 Å². The Morgan fingerprint density at radius 2 is 1.88 bits per heavy atom. The highest BCUT2D eigenvalue weighted by Crippen LogP contribution is 2.48. The smallest absolute Gasteiger partial charge is 0.159 e. The van der Waals surface area contributed by atoms with Gasteiger partial charge in [-0.25, -0.2) is 0 Å². The van der Waals surface area contributed by atoms with Crippen molar-refractivity contribution in [2.75, 3.05) is 11.4 Å². The summed E-state index contributed by atoms with van der Waals surface area (Å²) >= 11 is 0. The third-order valence-corrected chi connectivity index (χ3v) is 6.86. The van der Waals surface area contributed by atoms with Gasteiger partial charge >= 0.3 is 0 Å². The Morgan fingerprint density at radius 1 is 1.08 bits per heavy atom. The molecule has 1 aromatic heterocycles. The SMILES string of the molecule is CC(C)C1(C)CCN2C=CN(c3c1ccc1c3oc3ccccc31)[C@@H]2C. The van der Waals surface area contributed by atoms with Crippen LogP contribution in [-0.4, -0.2) is 17.6 Å². The van der Waals surface area contributed by atoms with E-state index in [1.165, 1.54) is 22.0 Å². The molecule has 2 bridgehead atoms. The van der Waals surface area contributed by atoms with Crippen molar-refractivity contribution in [2.24, 2.45) is 5.92 Å². The van der Waals surface area contributed by atoms with E-state index >= 15 is 0 Å². The fourth-order valence-electron chi connectivity index (χ4n) is 4.68. The van der Waals surface area contributed by atoms with Gasteiger partial charge in [-0.3, -0.25) is 0 Å². The van der Waals surface area contributed by atoms with Crippen molar-refractivity contribution in [3.05, 3.63) is 54.4 Å². The van der Waals surface area contributed by atoms with Crippen LogP contribution in [0.3, 0.4) is 0 Å². The Labute approximate surface area is 154 Å². The van der Waals surface area contributed by atoms with Crippen LogP contribution in [0.1, 0.15) is 39.7 Å². The number of hydrogen-bond acceptors (Lipinski definition) is 3. The zero-order valence-electron chi connectivity index (χ0n) is 16.0. The fraction of sp³-hybridized carbons (Fsp3) is 0.391. The van der Waals surface area contributed by atoms with E-state index < -0.39 is 0 Å². The van der Waals surface area contributed by atoms with Gasteiger partial charge < -0.3 is 14.2 Å². The van der Waals surface area contributed by atoms with E-state index in [-0.39, 0.29) is 5.41 Å². The molecule has 3 heterocycles. The summed E-state index contributed by atoms with van der Waals surface area (Å²) in [7, 11) is 0. The van der Waals surface area contributed by atoms with Crippen molar-refractivity contribution < 1.29 is 4.42 Å². The fourth-order valence-corrected chi connectivity index (χ4v) is 4.68. The lowest BCUT2D eigenvalue weighted by molar-refractivity contribution is 0.232. The number of fused-ring (bicyclic) bond motifs is 8. The lowest BCUT2D eigenvalue weighted by Gasteiger charge is -2.43. The van der Waals surface area contributed by atoms with Crippen LogP contribution in [0.2, 0.25) is 0 Å². The predicted molar refractivity (Wildman–Crippen MR) is 108 cm³/mol. The second-order valence-corrected chi connectivity index (χ2v) is 8.33. The van der Waals surface area contributed by atoms with Crippen LogP contribution in [0.15, 0.2) is 53.2 Å². The molecule has 0 radical (unpaired) electrons. The summed E-state index contributed by atoms with van der Waals surface area (Å²) in [5.41, 5.74) is 4.77. The molecule has 0 N–H and O–H groups in total. The molecular formula is C23H26N2O. The van der Waals surface area contributed by atoms with Crippen LogP contribution in [0.4, 0.5) is 5.69 Å². The van der Waals surface area contributed by atoms with E-state index in [2.05, 4.69) is 80.2 Å². The van der Waals surface area contributed by atoms with Gasteiger partial charge in [-0.15, -0.1) is 0 Å². The van der Waals surface area contributed by atoms with Crippen LogP contribution in [0.5, 0.6) is 0 Å². The molecule has 0 fully saturated rings. The minimum absolute atomic E-state index is 0.116. The van der Waals surface area contributed by atoms with Crippen LogP contribution >= 0.6 is 0 Å². The van der Waals surface area contributed by atoms with Crippen LogP contribution in [0, 0.1) is 5.92 Å². The molecule has 0 saturated carbocycles. The standard InChI is InChI=1S/C23H26N2O/c1-15(2)23(4)11-12-24-13-14-25(16(24)3)21-19(23)10-9-18-17-7-5-6-8-20(17)26-22(18)21/h5-10,13-16H,11-12H2,1-4H3/t16-,23?/m1/s1. The molecule has 5 rings (SSSR count). The Balaban J connectivity index is 1.89. The second-order valence-electron chi connectivity index (χ2n) is 8.33. The van der Waals surface area contributed by atoms with E-state index in [0.717, 1.165) is 24.1 Å². The number of benzene rings is 2. The average molecular weight is 346 g/mol. The molecule has 2 aliphatic heterocycles. The molecular weight excluding hydrogens is 320 g/mol. The molecule has 134 valence electrons. The summed E-state index contributed by atoms with van der Waals surface area (Å²) < 4.78 is 6.43. The second kappa shape index (κ2) is 5.29. The molecule has 0 aliphatic carbocycles. The van der Waals surface area contributed by atoms with Gasteiger partial charge in [0.1, 0.15) is 11.7 Å². The highest BCUT2D eigenvalue weighted by atomic mass is 16.3. The highest BCUT2D eigenvalue weighted by Gasteiger charge is 2.40. The number of rotatable bonds is 1. The molecule has 2 atom stereocenters. The summed E-state index contributed by atoms with van der Waals surface area (Å²) in [4.78, 5) is 4.85. The maximum atomic E-state index is 6.43. The molecule has 0 amide bonds.